The van der Waals surface area contributed by atoms with Crippen LogP contribution in [0.15, 0.2) is 58.1 Å². The summed E-state index contributed by atoms with van der Waals surface area (Å²) in [4.78, 5) is 16.3. The summed E-state index contributed by atoms with van der Waals surface area (Å²) in [6.07, 6.45) is 2.27. The van der Waals surface area contributed by atoms with Crippen LogP contribution in [0.25, 0.3) is 6.08 Å². The van der Waals surface area contributed by atoms with Crippen molar-refractivity contribution < 1.29 is 23.7 Å². The number of benzene rings is 2. The molecule has 2 aliphatic rings. The molecule has 0 spiro atoms. The molecule has 4 rings (SSSR count). The van der Waals surface area contributed by atoms with Gasteiger partial charge in [0.2, 0.25) is 0 Å². The zero-order valence-corrected chi connectivity index (χ0v) is 18.9. The zero-order chi connectivity index (χ0) is 23.2. The van der Waals surface area contributed by atoms with E-state index in [9.17, 15) is 4.79 Å². The van der Waals surface area contributed by atoms with Gasteiger partial charge in [-0.15, -0.1) is 0 Å². The summed E-state index contributed by atoms with van der Waals surface area (Å²) in [6, 6.07) is 12.7. The van der Waals surface area contributed by atoms with Gasteiger partial charge in [-0.05, 0) is 47.7 Å². The molecule has 2 heterocycles. The van der Waals surface area contributed by atoms with Gasteiger partial charge in [0.05, 0.1) is 38.6 Å². The van der Waals surface area contributed by atoms with Gasteiger partial charge in [-0.3, -0.25) is 10.2 Å². The molecule has 0 aliphatic carbocycles. The highest BCUT2D eigenvalue weighted by Crippen LogP contribution is 2.30. The molecule has 2 aliphatic heterocycles. The smallest absolute Gasteiger partial charge is 0.283 e. The number of nitrogens with one attached hydrogen (secondary N) is 1. The number of nitrogens with zero attached hydrogens (tertiary/aromatic N) is 3. The van der Waals surface area contributed by atoms with Gasteiger partial charge >= 0.3 is 0 Å². The predicted octanol–water partition coefficient (Wildman–Crippen LogP) is 3.80. The van der Waals surface area contributed by atoms with Crippen LogP contribution in [0.4, 0.5) is 0 Å². The summed E-state index contributed by atoms with van der Waals surface area (Å²) in [7, 11) is 3.16. The highest BCUT2D eigenvalue weighted by atomic mass is 32.2. The highest BCUT2D eigenvalue weighted by molar-refractivity contribution is 8.25. The number of hydrogen-bond acceptors (Lipinski definition) is 8. The van der Waals surface area contributed by atoms with E-state index in [1.165, 1.54) is 16.8 Å². The number of hydrogen-bond donors (Lipinski definition) is 1. The molecular formula is C23H22N4O5S. The number of carbonyl (C=O) groups is 1. The number of rotatable bonds is 9. The van der Waals surface area contributed by atoms with E-state index < -0.39 is 5.91 Å². The molecular weight excluding hydrogens is 444 g/mol. The van der Waals surface area contributed by atoms with E-state index in [-0.39, 0.29) is 11.4 Å². The average molecular weight is 467 g/mol. The van der Waals surface area contributed by atoms with Crippen molar-refractivity contribution in [3.05, 3.63) is 53.6 Å². The molecule has 0 aromatic heterocycles. The van der Waals surface area contributed by atoms with Crippen LogP contribution in [0.5, 0.6) is 23.0 Å². The van der Waals surface area contributed by atoms with E-state index in [1.54, 1.807) is 44.0 Å². The molecule has 10 heteroatoms. The lowest BCUT2D eigenvalue weighted by molar-refractivity contribution is -0.114. The number of methoxy groups -OCH3 is 2. The Morgan fingerprint density at radius 2 is 1.85 bits per heavy atom. The Morgan fingerprint density at radius 1 is 1.03 bits per heavy atom. The fraction of sp³-hybridized carbons (Fsp3) is 0.217. The largest absolute Gasteiger partial charge is 0.497 e. The molecule has 2 aromatic rings. The van der Waals surface area contributed by atoms with Crippen molar-refractivity contribution in [2.45, 2.75) is 6.42 Å². The van der Waals surface area contributed by atoms with Crippen LogP contribution in [0, 0.1) is 5.41 Å². The lowest BCUT2D eigenvalue weighted by Crippen LogP contribution is -2.35. The molecule has 0 unspecified atom stereocenters. The normalized spacial score (nSPS) is 16.0. The Balaban J connectivity index is 1.36. The average Bonchev–Trinajstić information content (AvgIpc) is 3.30. The second kappa shape index (κ2) is 10.2. The van der Waals surface area contributed by atoms with Gasteiger partial charge in [-0.2, -0.15) is 15.1 Å². The summed E-state index contributed by atoms with van der Waals surface area (Å²) in [5.41, 5.74) is 2.38. The van der Waals surface area contributed by atoms with E-state index in [4.69, 9.17) is 24.4 Å². The SMILES string of the molecule is COc1cccc(OCCCOc2ccc(C=C3C(=N)N4N=CSC4=NC3=O)cc2OC)c1. The maximum absolute atomic E-state index is 12.3. The number of amides is 1. The number of aliphatic imine (C=N–C) groups is 1. The third-order valence-electron chi connectivity index (χ3n) is 4.75. The van der Waals surface area contributed by atoms with Gasteiger partial charge in [-0.1, -0.05) is 12.1 Å². The lowest BCUT2D eigenvalue weighted by Gasteiger charge is -2.20. The number of hydrazone groups is 1. The van der Waals surface area contributed by atoms with Crippen molar-refractivity contribution in [2.24, 2.45) is 10.1 Å². The number of ether oxygens (including phenoxy) is 4. The van der Waals surface area contributed by atoms with E-state index >= 15 is 0 Å². The molecule has 33 heavy (non-hydrogen) atoms. The van der Waals surface area contributed by atoms with Crippen LogP contribution in [0.1, 0.15) is 12.0 Å². The van der Waals surface area contributed by atoms with Crippen molar-refractivity contribution in [2.75, 3.05) is 27.4 Å². The van der Waals surface area contributed by atoms with Crippen LogP contribution >= 0.6 is 11.8 Å². The molecule has 2 aromatic carbocycles. The maximum Gasteiger partial charge on any atom is 0.283 e. The third kappa shape index (κ3) is 5.17. The molecule has 0 fully saturated rings. The first kappa shape index (κ1) is 22.4. The fourth-order valence-corrected chi connectivity index (χ4v) is 3.73. The van der Waals surface area contributed by atoms with Gasteiger partial charge in [0.15, 0.2) is 22.5 Å². The molecule has 0 saturated carbocycles. The molecule has 170 valence electrons. The van der Waals surface area contributed by atoms with Crippen LogP contribution in [-0.2, 0) is 4.79 Å². The van der Waals surface area contributed by atoms with Gasteiger partial charge < -0.3 is 18.9 Å². The summed E-state index contributed by atoms with van der Waals surface area (Å²) >= 11 is 1.21. The molecule has 0 atom stereocenters. The Kier molecular flexibility index (Phi) is 6.94. The number of thioether (sulfide) groups is 1. The predicted molar refractivity (Wildman–Crippen MR) is 128 cm³/mol. The van der Waals surface area contributed by atoms with Crippen molar-refractivity contribution in [1.29, 1.82) is 5.41 Å². The molecule has 1 N–H and O–H groups in total. The van der Waals surface area contributed by atoms with Gasteiger partial charge in [0.1, 0.15) is 11.5 Å². The van der Waals surface area contributed by atoms with Crippen LogP contribution in [0.3, 0.4) is 0 Å². The van der Waals surface area contributed by atoms with Crippen molar-refractivity contribution >= 4 is 40.3 Å². The van der Waals surface area contributed by atoms with Crippen molar-refractivity contribution in [3.63, 3.8) is 0 Å². The van der Waals surface area contributed by atoms with Crippen LogP contribution in [-0.4, -0.2) is 54.9 Å². The van der Waals surface area contributed by atoms with E-state index in [0.717, 1.165) is 11.5 Å². The summed E-state index contributed by atoms with van der Waals surface area (Å²) < 4.78 is 22.2. The van der Waals surface area contributed by atoms with Crippen LogP contribution in [0.2, 0.25) is 0 Å². The minimum absolute atomic E-state index is 0.0124. The first-order valence-corrected chi connectivity index (χ1v) is 11.0. The minimum Gasteiger partial charge on any atom is -0.497 e. The quantitative estimate of drug-likeness (QED) is 0.443. The Morgan fingerprint density at radius 3 is 2.67 bits per heavy atom. The monoisotopic (exact) mass is 466 g/mol. The summed E-state index contributed by atoms with van der Waals surface area (Å²) in [5, 5.41) is 14.0. The number of amidine groups is 2. The van der Waals surface area contributed by atoms with Gasteiger partial charge in [0, 0.05) is 12.5 Å². The molecule has 9 nitrogen and oxygen atoms in total. The second-order valence-corrected chi connectivity index (χ2v) is 7.71. The van der Waals surface area contributed by atoms with Crippen LogP contribution < -0.4 is 18.9 Å². The zero-order valence-electron chi connectivity index (χ0n) is 18.1. The Bertz CT molecular complexity index is 1160. The summed E-state index contributed by atoms with van der Waals surface area (Å²) in [5.74, 6) is 2.09. The Hall–Kier alpha value is -3.79. The lowest BCUT2D eigenvalue weighted by atomic mass is 10.1. The second-order valence-electron chi connectivity index (χ2n) is 6.90. The van der Waals surface area contributed by atoms with E-state index in [1.807, 2.05) is 24.3 Å². The van der Waals surface area contributed by atoms with Crippen molar-refractivity contribution in [3.8, 4) is 23.0 Å². The topological polar surface area (TPSA) is 106 Å². The summed E-state index contributed by atoms with van der Waals surface area (Å²) in [6.45, 7) is 0.926. The molecule has 1 amide bonds. The fourth-order valence-electron chi connectivity index (χ4n) is 3.12. The molecule has 0 saturated heterocycles. The van der Waals surface area contributed by atoms with Gasteiger partial charge in [-0.25, -0.2) is 0 Å². The van der Waals surface area contributed by atoms with Crippen molar-refractivity contribution in [1.82, 2.24) is 5.01 Å². The van der Waals surface area contributed by atoms with E-state index in [2.05, 4.69) is 10.1 Å². The maximum atomic E-state index is 12.3. The van der Waals surface area contributed by atoms with E-state index in [0.29, 0.717) is 41.9 Å². The number of fused-ring (bicyclic) bond motifs is 1. The number of carbonyl (C=O) groups excluding carboxylic acids is 1. The first-order chi connectivity index (χ1) is 16.1. The molecule has 0 radical (unpaired) electrons. The standard InChI is InChI=1S/C23H22N4O5S/c1-29-16-5-3-6-17(13-16)31-9-4-10-32-19-8-7-15(12-20(19)30-2)11-18-21(24)27-23(26-22(18)28)33-14-25-27/h3,5-8,11-14,24H,4,9-10H2,1-2H3. The Labute approximate surface area is 195 Å². The van der Waals surface area contributed by atoms with Gasteiger partial charge in [0.25, 0.3) is 5.91 Å². The highest BCUT2D eigenvalue weighted by Gasteiger charge is 2.32. The third-order valence-corrected chi connectivity index (χ3v) is 5.43. The molecule has 0 bridgehead atoms. The first-order valence-electron chi connectivity index (χ1n) is 10.1. The minimum atomic E-state index is -0.473.